The van der Waals surface area contributed by atoms with Gasteiger partial charge in [0.15, 0.2) is 6.79 Å². The van der Waals surface area contributed by atoms with E-state index < -0.39 is 12.8 Å². The van der Waals surface area contributed by atoms with Crippen molar-refractivity contribution in [2.75, 3.05) is 13.4 Å². The first-order valence-electron chi connectivity index (χ1n) is 4.34. The summed E-state index contributed by atoms with van der Waals surface area (Å²) >= 11 is 0. The van der Waals surface area contributed by atoms with Gasteiger partial charge in [0.2, 0.25) is 0 Å². The number of ether oxygens (including phenoxy) is 1. The molecule has 0 aromatic carbocycles. The van der Waals surface area contributed by atoms with Crippen molar-refractivity contribution < 1.29 is 19.7 Å². The molecule has 0 aliphatic rings. The van der Waals surface area contributed by atoms with Gasteiger partial charge in [-0.05, 0) is 18.9 Å². The first-order chi connectivity index (χ1) is 6.26. The van der Waals surface area contributed by atoms with Crippen LogP contribution < -0.4 is 0 Å². The molecule has 0 unspecified atom stereocenters. The number of hydrogen-bond donors (Lipinski definition) is 2. The summed E-state index contributed by atoms with van der Waals surface area (Å²) in [4.78, 5) is 11.1. The lowest BCUT2D eigenvalue weighted by Gasteiger charge is -2.04. The van der Waals surface area contributed by atoms with Crippen molar-refractivity contribution in [3.8, 4) is 0 Å². The summed E-state index contributed by atoms with van der Waals surface area (Å²) in [7, 11) is 0. The van der Waals surface area contributed by atoms with Crippen LogP contribution in [0.2, 0.25) is 0 Å². The largest absolute Gasteiger partial charge is 0.435 e. The van der Waals surface area contributed by atoms with E-state index in [4.69, 9.17) is 10.2 Å². The van der Waals surface area contributed by atoms with E-state index in [2.05, 4.69) is 4.74 Å². The fraction of sp³-hybridized carbons (Fsp3) is 0.667. The minimum absolute atomic E-state index is 0.181. The third-order valence-electron chi connectivity index (χ3n) is 1.60. The second kappa shape index (κ2) is 7.76. The van der Waals surface area contributed by atoms with Crippen LogP contribution in [0.1, 0.15) is 26.2 Å². The van der Waals surface area contributed by atoms with Gasteiger partial charge < -0.3 is 14.9 Å². The molecule has 0 saturated heterocycles. The molecule has 0 bridgehead atoms. The van der Waals surface area contributed by atoms with Gasteiger partial charge in [-0.25, -0.2) is 4.79 Å². The highest BCUT2D eigenvalue weighted by Gasteiger charge is 2.08. The van der Waals surface area contributed by atoms with Crippen LogP contribution in [-0.2, 0) is 9.53 Å². The predicted octanol–water partition coefficient (Wildman–Crippen LogP) is 0.588. The zero-order valence-electron chi connectivity index (χ0n) is 7.82. The van der Waals surface area contributed by atoms with E-state index in [0.29, 0.717) is 12.0 Å². The molecule has 0 rings (SSSR count). The van der Waals surface area contributed by atoms with Crippen LogP contribution in [0.15, 0.2) is 11.6 Å². The Morgan fingerprint density at radius 1 is 1.46 bits per heavy atom. The first kappa shape index (κ1) is 12.1. The van der Waals surface area contributed by atoms with Gasteiger partial charge in [0.25, 0.3) is 0 Å². The summed E-state index contributed by atoms with van der Waals surface area (Å²) < 4.78 is 4.39. The van der Waals surface area contributed by atoms with Gasteiger partial charge in [-0.1, -0.05) is 13.3 Å². The van der Waals surface area contributed by atoms with Gasteiger partial charge in [-0.15, -0.1) is 0 Å². The van der Waals surface area contributed by atoms with Crippen LogP contribution in [0.25, 0.3) is 0 Å². The smallest absolute Gasteiger partial charge is 0.335 e. The van der Waals surface area contributed by atoms with E-state index in [1.54, 1.807) is 0 Å². The number of esters is 1. The molecule has 0 aromatic heterocycles. The van der Waals surface area contributed by atoms with Gasteiger partial charge in [0.05, 0.1) is 6.61 Å². The van der Waals surface area contributed by atoms with Crippen LogP contribution in [0.3, 0.4) is 0 Å². The van der Waals surface area contributed by atoms with Gasteiger partial charge in [-0.2, -0.15) is 0 Å². The van der Waals surface area contributed by atoms with Crippen molar-refractivity contribution in [2.24, 2.45) is 0 Å². The average molecular weight is 188 g/mol. The lowest BCUT2D eigenvalue weighted by molar-refractivity contribution is -0.147. The highest BCUT2D eigenvalue weighted by Crippen LogP contribution is 2.08. The molecule has 2 N–H and O–H groups in total. The lowest BCUT2D eigenvalue weighted by atomic mass is 10.1. The van der Waals surface area contributed by atoms with E-state index in [9.17, 15) is 4.79 Å². The summed E-state index contributed by atoms with van der Waals surface area (Å²) in [5.41, 5.74) is 0.429. The van der Waals surface area contributed by atoms with Gasteiger partial charge in [0.1, 0.15) is 0 Å². The molecule has 0 atom stereocenters. The number of unbranched alkanes of at least 4 members (excludes halogenated alkanes) is 1. The van der Waals surface area contributed by atoms with E-state index in [1.165, 1.54) is 6.08 Å². The zero-order valence-corrected chi connectivity index (χ0v) is 7.82. The Bertz CT molecular complexity index is 174. The number of aliphatic hydroxyl groups excluding tert-OH is 2. The minimum Gasteiger partial charge on any atom is -0.435 e. The van der Waals surface area contributed by atoms with Crippen molar-refractivity contribution in [1.29, 1.82) is 0 Å². The maximum absolute atomic E-state index is 11.1. The Hall–Kier alpha value is -0.870. The molecule has 0 aliphatic carbocycles. The quantitative estimate of drug-likeness (QED) is 0.363. The first-order valence-corrected chi connectivity index (χ1v) is 4.34. The third-order valence-corrected chi connectivity index (χ3v) is 1.60. The normalized spacial score (nSPS) is 11.5. The Kier molecular flexibility index (Phi) is 7.24. The molecule has 0 aliphatic heterocycles. The molecule has 76 valence electrons. The Morgan fingerprint density at radius 2 is 2.15 bits per heavy atom. The fourth-order valence-electron chi connectivity index (χ4n) is 0.916. The Balaban J connectivity index is 4.08. The molecule has 0 spiro atoms. The summed E-state index contributed by atoms with van der Waals surface area (Å²) in [5, 5.41) is 17.0. The monoisotopic (exact) mass is 188 g/mol. The van der Waals surface area contributed by atoms with Crippen molar-refractivity contribution in [3.63, 3.8) is 0 Å². The van der Waals surface area contributed by atoms with Crippen molar-refractivity contribution >= 4 is 5.97 Å². The zero-order chi connectivity index (χ0) is 10.1. The Labute approximate surface area is 77.8 Å². The SMILES string of the molecule is CCCCC(=CCO)C(=O)OCO. The number of rotatable bonds is 6. The van der Waals surface area contributed by atoms with Gasteiger partial charge in [0, 0.05) is 5.57 Å². The molecule has 0 fully saturated rings. The predicted molar refractivity (Wildman–Crippen MR) is 47.9 cm³/mol. The summed E-state index contributed by atoms with van der Waals surface area (Å²) in [5.74, 6) is -0.551. The van der Waals surface area contributed by atoms with Gasteiger partial charge >= 0.3 is 5.97 Å². The second-order valence-electron chi connectivity index (χ2n) is 2.58. The summed E-state index contributed by atoms with van der Waals surface area (Å²) in [6, 6.07) is 0. The van der Waals surface area contributed by atoms with Crippen LogP contribution in [0, 0.1) is 0 Å². The van der Waals surface area contributed by atoms with Crippen LogP contribution >= 0.6 is 0 Å². The average Bonchev–Trinajstić information content (AvgIpc) is 2.12. The molecule has 0 radical (unpaired) electrons. The minimum atomic E-state index is -0.617. The van der Waals surface area contributed by atoms with Crippen LogP contribution in [0.5, 0.6) is 0 Å². The molecule has 0 saturated carbocycles. The highest BCUT2D eigenvalue weighted by atomic mass is 16.6. The van der Waals surface area contributed by atoms with Crippen molar-refractivity contribution in [1.82, 2.24) is 0 Å². The van der Waals surface area contributed by atoms with E-state index in [0.717, 1.165) is 12.8 Å². The van der Waals surface area contributed by atoms with Gasteiger partial charge in [-0.3, -0.25) is 0 Å². The van der Waals surface area contributed by atoms with E-state index >= 15 is 0 Å². The number of carbonyl (C=O) groups is 1. The summed E-state index contributed by atoms with van der Waals surface area (Å²) in [6.07, 6.45) is 3.82. The molecule has 0 aromatic rings. The number of carbonyl (C=O) groups excluding carboxylic acids is 1. The molecule has 13 heavy (non-hydrogen) atoms. The molecule has 4 heteroatoms. The second-order valence-corrected chi connectivity index (χ2v) is 2.58. The van der Waals surface area contributed by atoms with Crippen molar-refractivity contribution in [3.05, 3.63) is 11.6 Å². The number of hydrogen-bond acceptors (Lipinski definition) is 4. The number of aliphatic hydroxyl groups is 2. The lowest BCUT2D eigenvalue weighted by Crippen LogP contribution is -2.09. The maximum atomic E-state index is 11.1. The van der Waals surface area contributed by atoms with Crippen LogP contribution in [0.4, 0.5) is 0 Å². The molecule has 0 heterocycles. The maximum Gasteiger partial charge on any atom is 0.335 e. The standard InChI is InChI=1S/C9H16O4/c1-2-3-4-8(5-6-10)9(12)13-7-11/h5,10-11H,2-4,6-7H2,1H3. The molecule has 0 amide bonds. The third kappa shape index (κ3) is 5.38. The molecule has 4 nitrogen and oxygen atoms in total. The van der Waals surface area contributed by atoms with Crippen molar-refractivity contribution in [2.45, 2.75) is 26.2 Å². The van der Waals surface area contributed by atoms with Crippen LogP contribution in [-0.4, -0.2) is 29.6 Å². The molecular formula is C9H16O4. The molecular weight excluding hydrogens is 172 g/mol. The summed E-state index contributed by atoms with van der Waals surface area (Å²) in [6.45, 7) is 1.21. The van der Waals surface area contributed by atoms with E-state index in [1.807, 2.05) is 6.92 Å². The fourth-order valence-corrected chi connectivity index (χ4v) is 0.916. The van der Waals surface area contributed by atoms with E-state index in [-0.39, 0.29) is 6.61 Å². The Morgan fingerprint density at radius 3 is 2.62 bits per heavy atom. The topological polar surface area (TPSA) is 66.8 Å². The highest BCUT2D eigenvalue weighted by molar-refractivity contribution is 5.88.